The summed E-state index contributed by atoms with van der Waals surface area (Å²) in [5.74, 6) is -0.801. The summed E-state index contributed by atoms with van der Waals surface area (Å²) >= 11 is 1.27. The number of rotatable bonds is 6. The van der Waals surface area contributed by atoms with Crippen molar-refractivity contribution in [2.75, 3.05) is 13.2 Å². The first-order chi connectivity index (χ1) is 8.62. The molecule has 0 atom stereocenters. The monoisotopic (exact) mass is 271 g/mol. The van der Waals surface area contributed by atoms with Gasteiger partial charge in [-0.05, 0) is 20.3 Å². The van der Waals surface area contributed by atoms with Gasteiger partial charge in [0.2, 0.25) is 0 Å². The second kappa shape index (κ2) is 7.10. The summed E-state index contributed by atoms with van der Waals surface area (Å²) in [6.45, 7) is 6.05. The molecule has 0 bridgehead atoms. The van der Waals surface area contributed by atoms with Crippen molar-refractivity contribution in [2.24, 2.45) is 0 Å². The third kappa shape index (κ3) is 3.80. The zero-order valence-electron chi connectivity index (χ0n) is 10.8. The van der Waals surface area contributed by atoms with Crippen LogP contribution in [0.4, 0.5) is 0 Å². The SMILES string of the molecule is CCOC(=O)Cc1nc(CC)sc1C(=O)OCC. The molecule has 0 saturated heterocycles. The molecular formula is C12H17NO4S. The number of carbonyl (C=O) groups excluding carboxylic acids is 2. The summed E-state index contributed by atoms with van der Waals surface area (Å²) in [4.78, 5) is 27.8. The first-order valence-electron chi connectivity index (χ1n) is 5.93. The lowest BCUT2D eigenvalue weighted by Crippen LogP contribution is -2.12. The maximum Gasteiger partial charge on any atom is 0.350 e. The molecule has 5 nitrogen and oxygen atoms in total. The molecule has 100 valence electrons. The summed E-state index contributed by atoms with van der Waals surface area (Å²) in [5, 5.41) is 0.817. The van der Waals surface area contributed by atoms with E-state index >= 15 is 0 Å². The van der Waals surface area contributed by atoms with Crippen LogP contribution in [0.2, 0.25) is 0 Å². The van der Waals surface area contributed by atoms with Crippen LogP contribution >= 0.6 is 11.3 Å². The summed E-state index contributed by atoms with van der Waals surface area (Å²) < 4.78 is 9.80. The Hall–Kier alpha value is -1.43. The number of hydrogen-bond acceptors (Lipinski definition) is 6. The lowest BCUT2D eigenvalue weighted by Gasteiger charge is -2.02. The quantitative estimate of drug-likeness (QED) is 0.740. The van der Waals surface area contributed by atoms with Gasteiger partial charge in [0.25, 0.3) is 0 Å². The van der Waals surface area contributed by atoms with Crippen molar-refractivity contribution in [2.45, 2.75) is 33.6 Å². The smallest absolute Gasteiger partial charge is 0.350 e. The molecule has 0 unspecified atom stereocenters. The highest BCUT2D eigenvalue weighted by Gasteiger charge is 2.21. The minimum absolute atomic E-state index is 0.0124. The molecule has 0 fully saturated rings. The van der Waals surface area contributed by atoms with Gasteiger partial charge in [-0.25, -0.2) is 9.78 Å². The van der Waals surface area contributed by atoms with Crippen molar-refractivity contribution < 1.29 is 19.1 Å². The number of hydrogen-bond donors (Lipinski definition) is 0. The highest BCUT2D eigenvalue weighted by atomic mass is 32.1. The predicted octanol–water partition coefficient (Wildman–Crippen LogP) is 1.99. The maximum atomic E-state index is 11.7. The Bertz CT molecular complexity index is 428. The molecule has 0 N–H and O–H groups in total. The van der Waals surface area contributed by atoms with E-state index in [0.29, 0.717) is 23.8 Å². The molecule has 18 heavy (non-hydrogen) atoms. The molecule has 0 amide bonds. The van der Waals surface area contributed by atoms with Crippen molar-refractivity contribution >= 4 is 23.3 Å². The molecule has 1 rings (SSSR count). The number of ether oxygens (including phenoxy) is 2. The number of carbonyl (C=O) groups is 2. The summed E-state index contributed by atoms with van der Waals surface area (Å²) in [5.41, 5.74) is 0.453. The van der Waals surface area contributed by atoms with Gasteiger partial charge in [0.15, 0.2) is 0 Å². The Kier molecular flexibility index (Phi) is 5.77. The fourth-order valence-electron chi connectivity index (χ4n) is 1.38. The summed E-state index contributed by atoms with van der Waals surface area (Å²) in [6, 6.07) is 0. The molecule has 6 heteroatoms. The molecule has 1 aromatic rings. The van der Waals surface area contributed by atoms with Gasteiger partial charge in [0.1, 0.15) is 4.88 Å². The Morgan fingerprint density at radius 2 is 1.83 bits per heavy atom. The van der Waals surface area contributed by atoms with Crippen LogP contribution in [0, 0.1) is 0 Å². The zero-order valence-corrected chi connectivity index (χ0v) is 11.6. The van der Waals surface area contributed by atoms with Gasteiger partial charge in [-0.2, -0.15) is 0 Å². The van der Waals surface area contributed by atoms with Crippen LogP contribution in [-0.2, 0) is 27.1 Å². The van der Waals surface area contributed by atoms with E-state index in [1.807, 2.05) is 6.92 Å². The zero-order chi connectivity index (χ0) is 13.5. The first kappa shape index (κ1) is 14.6. The third-order valence-electron chi connectivity index (χ3n) is 2.12. The standard InChI is InChI=1S/C12H17NO4S/c1-4-9-13-8(7-10(14)16-5-2)11(18-9)12(15)17-6-3/h4-7H2,1-3H3. The van der Waals surface area contributed by atoms with Crippen molar-refractivity contribution in [1.29, 1.82) is 0 Å². The minimum atomic E-state index is -0.422. The van der Waals surface area contributed by atoms with Crippen LogP contribution in [0.1, 0.15) is 41.1 Å². The highest BCUT2D eigenvalue weighted by molar-refractivity contribution is 7.13. The van der Waals surface area contributed by atoms with Gasteiger partial charge in [0.05, 0.1) is 30.3 Å². The average Bonchev–Trinajstić information content (AvgIpc) is 2.73. The Morgan fingerprint density at radius 3 is 2.39 bits per heavy atom. The molecule has 0 aromatic carbocycles. The first-order valence-corrected chi connectivity index (χ1v) is 6.75. The van der Waals surface area contributed by atoms with Crippen LogP contribution in [0.3, 0.4) is 0 Å². The Labute approximate surface area is 110 Å². The van der Waals surface area contributed by atoms with E-state index in [0.717, 1.165) is 11.4 Å². The van der Waals surface area contributed by atoms with Gasteiger partial charge in [-0.1, -0.05) is 6.92 Å². The molecule has 1 aromatic heterocycles. The van der Waals surface area contributed by atoms with E-state index in [1.54, 1.807) is 13.8 Å². The van der Waals surface area contributed by atoms with Crippen molar-refractivity contribution in [3.8, 4) is 0 Å². The van der Waals surface area contributed by atoms with E-state index in [2.05, 4.69) is 4.98 Å². The number of thiazole rings is 1. The van der Waals surface area contributed by atoms with E-state index in [9.17, 15) is 9.59 Å². The fraction of sp³-hybridized carbons (Fsp3) is 0.583. The molecular weight excluding hydrogens is 254 g/mol. The second-order valence-corrected chi connectivity index (χ2v) is 4.52. The van der Waals surface area contributed by atoms with E-state index < -0.39 is 5.97 Å². The minimum Gasteiger partial charge on any atom is -0.466 e. The normalized spacial score (nSPS) is 10.2. The fourth-order valence-corrected chi connectivity index (χ4v) is 2.29. The lowest BCUT2D eigenvalue weighted by atomic mass is 10.2. The largest absolute Gasteiger partial charge is 0.466 e. The van der Waals surface area contributed by atoms with Gasteiger partial charge in [-0.3, -0.25) is 4.79 Å². The predicted molar refractivity (Wildman–Crippen MR) is 67.8 cm³/mol. The number of esters is 2. The van der Waals surface area contributed by atoms with Crippen LogP contribution in [0.15, 0.2) is 0 Å². The van der Waals surface area contributed by atoms with E-state index in [4.69, 9.17) is 9.47 Å². The van der Waals surface area contributed by atoms with Crippen molar-refractivity contribution in [3.05, 3.63) is 15.6 Å². The Morgan fingerprint density at radius 1 is 1.17 bits per heavy atom. The van der Waals surface area contributed by atoms with Crippen LogP contribution in [0.5, 0.6) is 0 Å². The van der Waals surface area contributed by atoms with E-state index in [-0.39, 0.29) is 12.4 Å². The number of aryl methyl sites for hydroxylation is 1. The lowest BCUT2D eigenvalue weighted by molar-refractivity contribution is -0.142. The Balaban J connectivity index is 2.90. The van der Waals surface area contributed by atoms with Crippen LogP contribution in [-0.4, -0.2) is 30.1 Å². The van der Waals surface area contributed by atoms with Crippen LogP contribution in [0.25, 0.3) is 0 Å². The molecule has 0 radical (unpaired) electrons. The molecule has 0 saturated carbocycles. The van der Waals surface area contributed by atoms with Gasteiger partial charge in [-0.15, -0.1) is 11.3 Å². The number of aromatic nitrogens is 1. The highest BCUT2D eigenvalue weighted by Crippen LogP contribution is 2.21. The third-order valence-corrected chi connectivity index (χ3v) is 3.34. The van der Waals surface area contributed by atoms with Crippen LogP contribution < -0.4 is 0 Å². The van der Waals surface area contributed by atoms with Gasteiger partial charge >= 0.3 is 11.9 Å². The molecule has 1 heterocycles. The second-order valence-electron chi connectivity index (χ2n) is 3.44. The molecule has 0 spiro atoms. The topological polar surface area (TPSA) is 65.5 Å². The van der Waals surface area contributed by atoms with Gasteiger partial charge < -0.3 is 9.47 Å². The van der Waals surface area contributed by atoms with Gasteiger partial charge in [0, 0.05) is 0 Å². The molecule has 0 aliphatic carbocycles. The summed E-state index contributed by atoms with van der Waals surface area (Å²) in [6.07, 6.45) is 0.735. The summed E-state index contributed by atoms with van der Waals surface area (Å²) in [7, 11) is 0. The molecule has 0 aliphatic heterocycles. The number of nitrogens with zero attached hydrogens (tertiary/aromatic N) is 1. The maximum absolute atomic E-state index is 11.7. The molecule has 0 aliphatic rings. The van der Waals surface area contributed by atoms with E-state index in [1.165, 1.54) is 11.3 Å². The van der Waals surface area contributed by atoms with Crippen molar-refractivity contribution in [1.82, 2.24) is 4.98 Å². The van der Waals surface area contributed by atoms with Crippen molar-refractivity contribution in [3.63, 3.8) is 0 Å². The average molecular weight is 271 g/mol.